The first-order valence-electron chi connectivity index (χ1n) is 7.82. The maximum atomic E-state index is 12.9. The molecule has 2 aromatic rings. The molecule has 0 saturated heterocycles. The molecule has 3 rings (SSSR count). The molecule has 6 heteroatoms. The third-order valence-corrected chi connectivity index (χ3v) is 3.81. The number of rotatable bonds is 5. The van der Waals surface area contributed by atoms with Crippen LogP contribution in [0.2, 0.25) is 0 Å². The van der Waals surface area contributed by atoms with Crippen molar-refractivity contribution in [3.63, 3.8) is 0 Å². The summed E-state index contributed by atoms with van der Waals surface area (Å²) in [5.74, 6) is 0.131. The van der Waals surface area contributed by atoms with E-state index in [2.05, 4.69) is 5.32 Å². The molecule has 1 heterocycles. The number of hydrogen-bond donors (Lipinski definition) is 2. The minimum Gasteiger partial charge on any atom is -0.491 e. The molecule has 2 aromatic carbocycles. The van der Waals surface area contributed by atoms with Gasteiger partial charge in [0.15, 0.2) is 0 Å². The van der Waals surface area contributed by atoms with Gasteiger partial charge in [0.2, 0.25) is 5.91 Å². The fourth-order valence-electron chi connectivity index (χ4n) is 2.64. The standard InChI is InChI=1S/C18H19FN2O3/c19-13-5-7-15(8-6-13)24-12-14(22)11-21-10-9-18(23)20-16-3-1-2-4-17(16)21/h1-8,14,22H,9-12H2,(H,20,23). The number of carbonyl (C=O) groups is 1. The largest absolute Gasteiger partial charge is 0.491 e. The van der Waals surface area contributed by atoms with Gasteiger partial charge in [0, 0.05) is 19.5 Å². The highest BCUT2D eigenvalue weighted by Crippen LogP contribution is 2.28. The second kappa shape index (κ2) is 7.31. The van der Waals surface area contributed by atoms with Crippen LogP contribution in [0.4, 0.5) is 15.8 Å². The Balaban J connectivity index is 1.62. The monoisotopic (exact) mass is 330 g/mol. The molecule has 1 aliphatic rings. The number of β-amino-alcohol motifs (C(OH)–C–C–N with tert-alkyl or cyclic N) is 1. The zero-order valence-electron chi connectivity index (χ0n) is 13.1. The van der Waals surface area contributed by atoms with E-state index >= 15 is 0 Å². The van der Waals surface area contributed by atoms with Gasteiger partial charge in [-0.1, -0.05) is 12.1 Å². The Bertz CT molecular complexity index is 706. The molecule has 1 unspecified atom stereocenters. The van der Waals surface area contributed by atoms with Crippen LogP contribution in [-0.4, -0.2) is 36.8 Å². The number of nitrogens with one attached hydrogen (secondary N) is 1. The van der Waals surface area contributed by atoms with E-state index in [1.165, 1.54) is 24.3 Å². The maximum Gasteiger partial charge on any atom is 0.226 e. The minimum atomic E-state index is -0.740. The van der Waals surface area contributed by atoms with Gasteiger partial charge in [0.1, 0.15) is 24.3 Å². The molecule has 1 aliphatic heterocycles. The second-order valence-corrected chi connectivity index (χ2v) is 5.68. The van der Waals surface area contributed by atoms with E-state index < -0.39 is 6.10 Å². The summed E-state index contributed by atoms with van der Waals surface area (Å²) in [5.41, 5.74) is 1.62. The molecular formula is C18H19FN2O3. The van der Waals surface area contributed by atoms with Gasteiger partial charge in [0.25, 0.3) is 0 Å². The summed E-state index contributed by atoms with van der Waals surface area (Å²) in [7, 11) is 0. The van der Waals surface area contributed by atoms with Crippen molar-refractivity contribution in [2.24, 2.45) is 0 Å². The Morgan fingerprint density at radius 1 is 1.21 bits per heavy atom. The van der Waals surface area contributed by atoms with Crippen LogP contribution in [0, 0.1) is 5.82 Å². The summed E-state index contributed by atoms with van der Waals surface area (Å²) >= 11 is 0. The van der Waals surface area contributed by atoms with Gasteiger partial charge < -0.3 is 20.1 Å². The zero-order chi connectivity index (χ0) is 16.9. The lowest BCUT2D eigenvalue weighted by atomic mass is 10.2. The van der Waals surface area contributed by atoms with Crippen LogP contribution < -0.4 is 15.0 Å². The van der Waals surface area contributed by atoms with Crippen molar-refractivity contribution in [3.05, 3.63) is 54.3 Å². The number of ether oxygens (including phenoxy) is 1. The molecular weight excluding hydrogens is 311 g/mol. The summed E-state index contributed by atoms with van der Waals surface area (Å²) in [6.07, 6.45) is -0.378. The van der Waals surface area contributed by atoms with E-state index in [0.29, 0.717) is 25.3 Å². The van der Waals surface area contributed by atoms with Crippen molar-refractivity contribution in [1.29, 1.82) is 0 Å². The first-order valence-corrected chi connectivity index (χ1v) is 7.82. The van der Waals surface area contributed by atoms with E-state index in [-0.39, 0.29) is 18.3 Å². The van der Waals surface area contributed by atoms with Crippen LogP contribution in [0.25, 0.3) is 0 Å². The average molecular weight is 330 g/mol. The highest BCUT2D eigenvalue weighted by molar-refractivity contribution is 5.96. The number of aliphatic hydroxyl groups excluding tert-OH is 1. The summed E-state index contributed by atoms with van der Waals surface area (Å²) in [5, 5.41) is 13.1. The predicted octanol–water partition coefficient (Wildman–Crippen LogP) is 2.41. The highest BCUT2D eigenvalue weighted by atomic mass is 19.1. The van der Waals surface area contributed by atoms with E-state index in [1.807, 2.05) is 29.2 Å². The number of carbonyl (C=O) groups excluding carboxylic acids is 1. The molecule has 0 bridgehead atoms. The second-order valence-electron chi connectivity index (χ2n) is 5.68. The van der Waals surface area contributed by atoms with Crippen molar-refractivity contribution in [1.82, 2.24) is 0 Å². The third kappa shape index (κ3) is 4.02. The SMILES string of the molecule is O=C1CCN(CC(O)COc2ccc(F)cc2)c2ccccc2N1. The summed E-state index contributed by atoms with van der Waals surface area (Å²) in [6, 6.07) is 13.2. The number of aliphatic hydroxyl groups is 1. The molecule has 1 atom stereocenters. The Hall–Kier alpha value is -2.60. The number of fused-ring (bicyclic) bond motifs is 1. The van der Waals surface area contributed by atoms with Crippen LogP contribution >= 0.6 is 0 Å². The van der Waals surface area contributed by atoms with Crippen LogP contribution in [-0.2, 0) is 4.79 Å². The number of hydrogen-bond acceptors (Lipinski definition) is 4. The van der Waals surface area contributed by atoms with Gasteiger partial charge >= 0.3 is 0 Å². The lowest BCUT2D eigenvalue weighted by molar-refractivity contribution is -0.116. The van der Waals surface area contributed by atoms with Crippen LogP contribution in [0.15, 0.2) is 48.5 Å². The Labute approximate surface area is 139 Å². The van der Waals surface area contributed by atoms with Crippen molar-refractivity contribution in [3.8, 4) is 5.75 Å². The van der Waals surface area contributed by atoms with Gasteiger partial charge in [-0.2, -0.15) is 0 Å². The van der Waals surface area contributed by atoms with Crippen molar-refractivity contribution >= 4 is 17.3 Å². The summed E-state index contributed by atoms with van der Waals surface area (Å²) < 4.78 is 18.3. The van der Waals surface area contributed by atoms with E-state index in [1.54, 1.807) is 0 Å². The fourth-order valence-corrected chi connectivity index (χ4v) is 2.64. The molecule has 2 N–H and O–H groups in total. The van der Waals surface area contributed by atoms with E-state index in [0.717, 1.165) is 11.4 Å². The number of halogens is 1. The van der Waals surface area contributed by atoms with Crippen molar-refractivity contribution < 1.29 is 19.0 Å². The molecule has 1 amide bonds. The lowest BCUT2D eigenvalue weighted by Crippen LogP contribution is -2.36. The van der Waals surface area contributed by atoms with Gasteiger partial charge in [-0.25, -0.2) is 4.39 Å². The molecule has 5 nitrogen and oxygen atoms in total. The zero-order valence-corrected chi connectivity index (χ0v) is 13.1. The number of amides is 1. The number of anilines is 2. The summed E-state index contributed by atoms with van der Waals surface area (Å²) in [6.45, 7) is 0.954. The molecule has 0 spiro atoms. The van der Waals surface area contributed by atoms with E-state index in [9.17, 15) is 14.3 Å². The van der Waals surface area contributed by atoms with Gasteiger partial charge in [-0.3, -0.25) is 4.79 Å². The number of nitrogens with zero attached hydrogens (tertiary/aromatic N) is 1. The highest BCUT2D eigenvalue weighted by Gasteiger charge is 2.21. The Morgan fingerprint density at radius 2 is 1.96 bits per heavy atom. The first-order chi connectivity index (χ1) is 11.6. The third-order valence-electron chi connectivity index (χ3n) is 3.81. The first kappa shape index (κ1) is 16.3. The quantitative estimate of drug-likeness (QED) is 0.884. The van der Waals surface area contributed by atoms with Crippen molar-refractivity contribution in [2.45, 2.75) is 12.5 Å². The van der Waals surface area contributed by atoms with Gasteiger partial charge in [-0.05, 0) is 36.4 Å². The predicted molar refractivity (Wildman–Crippen MR) is 89.8 cm³/mol. The Kier molecular flexibility index (Phi) is 4.96. The van der Waals surface area contributed by atoms with Gasteiger partial charge in [0.05, 0.1) is 11.4 Å². The molecule has 0 fully saturated rings. The number of benzene rings is 2. The molecule has 0 aromatic heterocycles. The van der Waals surface area contributed by atoms with Crippen molar-refractivity contribution in [2.75, 3.05) is 29.9 Å². The molecule has 0 saturated carbocycles. The number of para-hydroxylation sites is 2. The molecule has 126 valence electrons. The maximum absolute atomic E-state index is 12.9. The molecule has 0 radical (unpaired) electrons. The molecule has 24 heavy (non-hydrogen) atoms. The topological polar surface area (TPSA) is 61.8 Å². The smallest absolute Gasteiger partial charge is 0.226 e. The summed E-state index contributed by atoms with van der Waals surface area (Å²) in [4.78, 5) is 13.7. The molecule has 0 aliphatic carbocycles. The minimum absolute atomic E-state index is 0.0398. The normalized spacial score (nSPS) is 15.2. The fraction of sp³-hybridized carbons (Fsp3) is 0.278. The van der Waals surface area contributed by atoms with Gasteiger partial charge in [-0.15, -0.1) is 0 Å². The van der Waals surface area contributed by atoms with Crippen LogP contribution in [0.5, 0.6) is 5.75 Å². The van der Waals surface area contributed by atoms with Crippen LogP contribution in [0.3, 0.4) is 0 Å². The van der Waals surface area contributed by atoms with Crippen LogP contribution in [0.1, 0.15) is 6.42 Å². The Morgan fingerprint density at radius 3 is 2.75 bits per heavy atom. The lowest BCUT2D eigenvalue weighted by Gasteiger charge is -2.26. The van der Waals surface area contributed by atoms with E-state index in [4.69, 9.17) is 4.74 Å². The average Bonchev–Trinajstić information content (AvgIpc) is 2.73.